The van der Waals surface area contributed by atoms with Gasteiger partial charge in [-0.2, -0.15) is 4.98 Å². The Morgan fingerprint density at radius 2 is 2.25 bits per heavy atom. The molecule has 1 unspecified atom stereocenters. The highest BCUT2D eigenvalue weighted by Crippen LogP contribution is 2.39. The molecule has 1 aliphatic rings. The zero-order valence-electron chi connectivity index (χ0n) is 9.69. The van der Waals surface area contributed by atoms with E-state index in [9.17, 15) is 0 Å². The number of aromatic nitrogens is 2. The SMILES string of the molecule is Cc1noc(CNC(C)(CN)C2CC2)n1.Cl. The molecule has 1 fully saturated rings. The second kappa shape index (κ2) is 5.12. The van der Waals surface area contributed by atoms with Crippen molar-refractivity contribution in [3.05, 3.63) is 11.7 Å². The summed E-state index contributed by atoms with van der Waals surface area (Å²) in [6.45, 7) is 5.22. The van der Waals surface area contributed by atoms with Crippen molar-refractivity contribution in [1.82, 2.24) is 15.5 Å². The first-order chi connectivity index (χ1) is 7.14. The van der Waals surface area contributed by atoms with E-state index in [-0.39, 0.29) is 17.9 Å². The third kappa shape index (κ3) is 2.93. The minimum atomic E-state index is 0. The molecule has 92 valence electrons. The van der Waals surface area contributed by atoms with Gasteiger partial charge in [0.15, 0.2) is 5.82 Å². The zero-order valence-corrected chi connectivity index (χ0v) is 10.5. The van der Waals surface area contributed by atoms with Gasteiger partial charge in [-0.05, 0) is 32.6 Å². The predicted octanol–water partition coefficient (Wildman–Crippen LogP) is 1.02. The average molecular weight is 247 g/mol. The highest BCUT2D eigenvalue weighted by atomic mass is 35.5. The lowest BCUT2D eigenvalue weighted by atomic mass is 9.96. The topological polar surface area (TPSA) is 77.0 Å². The Hall–Kier alpha value is -0.650. The lowest BCUT2D eigenvalue weighted by Crippen LogP contribution is -2.50. The molecular formula is C10H19ClN4O. The summed E-state index contributed by atoms with van der Waals surface area (Å²) >= 11 is 0. The number of hydrogen-bond donors (Lipinski definition) is 2. The van der Waals surface area contributed by atoms with Crippen molar-refractivity contribution in [2.45, 2.75) is 38.8 Å². The van der Waals surface area contributed by atoms with Crippen molar-refractivity contribution in [3.8, 4) is 0 Å². The van der Waals surface area contributed by atoms with Crippen molar-refractivity contribution in [2.24, 2.45) is 11.7 Å². The normalized spacial score (nSPS) is 18.9. The van der Waals surface area contributed by atoms with Gasteiger partial charge in [0.1, 0.15) is 0 Å². The van der Waals surface area contributed by atoms with E-state index in [0.29, 0.717) is 30.7 Å². The molecule has 0 spiro atoms. The monoisotopic (exact) mass is 246 g/mol. The molecule has 0 saturated heterocycles. The van der Waals surface area contributed by atoms with Gasteiger partial charge in [-0.1, -0.05) is 5.16 Å². The molecule has 3 N–H and O–H groups in total. The second-order valence-corrected chi connectivity index (χ2v) is 4.48. The van der Waals surface area contributed by atoms with Gasteiger partial charge in [-0.3, -0.25) is 0 Å². The summed E-state index contributed by atoms with van der Waals surface area (Å²) in [5.74, 6) is 2.01. The van der Waals surface area contributed by atoms with E-state index in [1.165, 1.54) is 12.8 Å². The molecule has 0 amide bonds. The highest BCUT2D eigenvalue weighted by Gasteiger charge is 2.40. The molecule has 0 bridgehead atoms. The van der Waals surface area contributed by atoms with Crippen LogP contribution >= 0.6 is 12.4 Å². The quantitative estimate of drug-likeness (QED) is 0.811. The fraction of sp³-hybridized carbons (Fsp3) is 0.800. The number of nitrogens with two attached hydrogens (primary N) is 1. The summed E-state index contributed by atoms with van der Waals surface area (Å²) in [6, 6.07) is 0. The van der Waals surface area contributed by atoms with Crippen LogP contribution in [0.25, 0.3) is 0 Å². The Labute approximate surface area is 102 Å². The molecule has 1 aromatic rings. The molecule has 1 saturated carbocycles. The number of aryl methyl sites for hydroxylation is 1. The van der Waals surface area contributed by atoms with Crippen LogP contribution in [0.1, 0.15) is 31.5 Å². The minimum Gasteiger partial charge on any atom is -0.338 e. The predicted molar refractivity (Wildman–Crippen MR) is 63.3 cm³/mol. The van der Waals surface area contributed by atoms with Crippen LogP contribution < -0.4 is 11.1 Å². The van der Waals surface area contributed by atoms with E-state index < -0.39 is 0 Å². The molecule has 0 radical (unpaired) electrons. The van der Waals surface area contributed by atoms with Crippen LogP contribution in [0, 0.1) is 12.8 Å². The fourth-order valence-electron chi connectivity index (χ4n) is 1.79. The largest absolute Gasteiger partial charge is 0.338 e. The van der Waals surface area contributed by atoms with Gasteiger partial charge in [0.05, 0.1) is 6.54 Å². The Bertz CT molecular complexity index is 339. The first-order valence-electron chi connectivity index (χ1n) is 5.38. The van der Waals surface area contributed by atoms with Crippen LogP contribution in [-0.4, -0.2) is 22.2 Å². The summed E-state index contributed by atoms with van der Waals surface area (Å²) < 4.78 is 5.04. The second-order valence-electron chi connectivity index (χ2n) is 4.48. The van der Waals surface area contributed by atoms with Gasteiger partial charge in [-0.25, -0.2) is 0 Å². The first-order valence-corrected chi connectivity index (χ1v) is 5.38. The van der Waals surface area contributed by atoms with Crippen LogP contribution in [-0.2, 0) is 6.54 Å². The zero-order chi connectivity index (χ0) is 10.9. The summed E-state index contributed by atoms with van der Waals surface area (Å²) in [4.78, 5) is 4.15. The minimum absolute atomic E-state index is 0. The van der Waals surface area contributed by atoms with Crippen molar-refractivity contribution in [1.29, 1.82) is 0 Å². The lowest BCUT2D eigenvalue weighted by molar-refractivity contribution is 0.286. The smallest absolute Gasteiger partial charge is 0.240 e. The third-order valence-corrected chi connectivity index (χ3v) is 3.12. The van der Waals surface area contributed by atoms with Crippen molar-refractivity contribution in [2.75, 3.05) is 6.54 Å². The fourth-order valence-corrected chi connectivity index (χ4v) is 1.79. The van der Waals surface area contributed by atoms with Gasteiger partial charge in [0.25, 0.3) is 0 Å². The molecule has 1 aromatic heterocycles. The number of nitrogens with zero attached hydrogens (tertiary/aromatic N) is 2. The van der Waals surface area contributed by atoms with E-state index in [1.54, 1.807) is 0 Å². The van der Waals surface area contributed by atoms with Gasteiger partial charge in [0, 0.05) is 12.1 Å². The van der Waals surface area contributed by atoms with Gasteiger partial charge in [-0.15, -0.1) is 12.4 Å². The Kier molecular flexibility index (Phi) is 4.29. The average Bonchev–Trinajstić information content (AvgIpc) is 3.00. The Morgan fingerprint density at radius 3 is 2.69 bits per heavy atom. The molecule has 1 atom stereocenters. The summed E-state index contributed by atoms with van der Waals surface area (Å²) in [7, 11) is 0. The first kappa shape index (κ1) is 13.4. The van der Waals surface area contributed by atoms with Gasteiger partial charge >= 0.3 is 0 Å². The van der Waals surface area contributed by atoms with E-state index in [0.717, 1.165) is 0 Å². The van der Waals surface area contributed by atoms with Gasteiger partial charge in [0.2, 0.25) is 5.89 Å². The van der Waals surface area contributed by atoms with Crippen LogP contribution in [0.3, 0.4) is 0 Å². The molecule has 5 nitrogen and oxygen atoms in total. The van der Waals surface area contributed by atoms with E-state index >= 15 is 0 Å². The van der Waals surface area contributed by atoms with Crippen molar-refractivity contribution >= 4 is 12.4 Å². The van der Waals surface area contributed by atoms with Crippen LogP contribution in [0.5, 0.6) is 0 Å². The molecule has 1 aliphatic carbocycles. The molecule has 1 heterocycles. The molecule has 0 aromatic carbocycles. The highest BCUT2D eigenvalue weighted by molar-refractivity contribution is 5.85. The maximum atomic E-state index is 5.79. The summed E-state index contributed by atoms with van der Waals surface area (Å²) in [6.07, 6.45) is 2.53. The molecule has 6 heteroatoms. The number of nitrogens with one attached hydrogen (secondary N) is 1. The maximum Gasteiger partial charge on any atom is 0.240 e. The van der Waals surface area contributed by atoms with E-state index in [1.807, 2.05) is 6.92 Å². The van der Waals surface area contributed by atoms with Crippen LogP contribution in [0.2, 0.25) is 0 Å². The number of halogens is 1. The Morgan fingerprint density at radius 1 is 1.56 bits per heavy atom. The maximum absolute atomic E-state index is 5.79. The van der Waals surface area contributed by atoms with Crippen molar-refractivity contribution < 1.29 is 4.52 Å². The number of hydrogen-bond acceptors (Lipinski definition) is 5. The van der Waals surface area contributed by atoms with E-state index in [4.69, 9.17) is 10.3 Å². The van der Waals surface area contributed by atoms with Crippen molar-refractivity contribution in [3.63, 3.8) is 0 Å². The molecular weight excluding hydrogens is 228 g/mol. The molecule has 2 rings (SSSR count). The van der Waals surface area contributed by atoms with Crippen LogP contribution in [0.15, 0.2) is 4.52 Å². The number of rotatable bonds is 5. The summed E-state index contributed by atoms with van der Waals surface area (Å²) in [5.41, 5.74) is 5.80. The Balaban J connectivity index is 0.00000128. The van der Waals surface area contributed by atoms with Gasteiger partial charge < -0.3 is 15.6 Å². The lowest BCUT2D eigenvalue weighted by Gasteiger charge is -2.28. The van der Waals surface area contributed by atoms with E-state index in [2.05, 4.69) is 22.4 Å². The van der Waals surface area contributed by atoms with Crippen LogP contribution in [0.4, 0.5) is 0 Å². The summed E-state index contributed by atoms with van der Waals surface area (Å²) in [5, 5.41) is 7.16. The third-order valence-electron chi connectivity index (χ3n) is 3.12. The molecule has 16 heavy (non-hydrogen) atoms. The standard InChI is InChI=1S/C10H18N4O.ClH/c1-7-13-9(15-14-7)5-12-10(2,6-11)8-3-4-8;/h8,12H,3-6,11H2,1-2H3;1H. The molecule has 0 aliphatic heterocycles.